The van der Waals surface area contributed by atoms with Gasteiger partial charge in [-0.3, -0.25) is 9.59 Å². The number of aryl methyl sites for hydroxylation is 1. The second kappa shape index (κ2) is 5.88. The Labute approximate surface area is 155 Å². The number of aliphatic carboxylic acids is 1. The number of rotatable bonds is 3. The van der Waals surface area contributed by atoms with E-state index < -0.39 is 5.97 Å². The van der Waals surface area contributed by atoms with Gasteiger partial charge in [0.1, 0.15) is 6.54 Å². The standard InChI is InChI=1S/C20H17ClN2O3/c1-10-7-15-18(12-3-5-13(21)6-4-12)14(8-17(25)26)11(2)19-20(15)23(10)9-16(24)22-19/h3-7H,8-9H2,1-2H3,(H,22,24)(H,25,26). The maximum atomic E-state index is 12.1. The number of amides is 1. The Morgan fingerprint density at radius 3 is 2.62 bits per heavy atom. The molecular weight excluding hydrogens is 352 g/mol. The zero-order chi connectivity index (χ0) is 18.6. The van der Waals surface area contributed by atoms with Crippen molar-refractivity contribution in [3.63, 3.8) is 0 Å². The van der Waals surface area contributed by atoms with Gasteiger partial charge in [0.2, 0.25) is 5.91 Å². The monoisotopic (exact) mass is 368 g/mol. The third kappa shape index (κ3) is 2.47. The molecule has 1 aliphatic rings. The van der Waals surface area contributed by atoms with Crippen LogP contribution in [-0.2, 0) is 22.6 Å². The molecule has 1 aromatic heterocycles. The normalized spacial score (nSPS) is 13.1. The van der Waals surface area contributed by atoms with Gasteiger partial charge < -0.3 is 15.0 Å². The first kappa shape index (κ1) is 16.7. The van der Waals surface area contributed by atoms with Crippen LogP contribution >= 0.6 is 11.6 Å². The van der Waals surface area contributed by atoms with E-state index >= 15 is 0 Å². The molecule has 0 saturated carbocycles. The molecule has 2 heterocycles. The molecular formula is C20H17ClN2O3. The molecule has 0 saturated heterocycles. The van der Waals surface area contributed by atoms with Gasteiger partial charge in [-0.1, -0.05) is 23.7 Å². The summed E-state index contributed by atoms with van der Waals surface area (Å²) in [6.07, 6.45) is -0.118. The minimum atomic E-state index is -0.909. The zero-order valence-corrected chi connectivity index (χ0v) is 15.1. The highest BCUT2D eigenvalue weighted by molar-refractivity contribution is 6.30. The fraction of sp³-hybridized carbons (Fsp3) is 0.200. The van der Waals surface area contributed by atoms with Crippen molar-refractivity contribution in [2.45, 2.75) is 26.8 Å². The SMILES string of the molecule is Cc1c(CC(=O)O)c(-c2ccc(Cl)cc2)c2cc(C)n3c2c1NC(=O)C3. The van der Waals surface area contributed by atoms with E-state index in [1.165, 1.54) is 0 Å². The smallest absolute Gasteiger partial charge is 0.307 e. The van der Waals surface area contributed by atoms with Gasteiger partial charge >= 0.3 is 5.97 Å². The summed E-state index contributed by atoms with van der Waals surface area (Å²) >= 11 is 6.03. The van der Waals surface area contributed by atoms with Gasteiger partial charge in [-0.2, -0.15) is 0 Å². The van der Waals surface area contributed by atoms with Crippen molar-refractivity contribution in [3.05, 3.63) is 52.2 Å². The Morgan fingerprint density at radius 2 is 1.96 bits per heavy atom. The van der Waals surface area contributed by atoms with Gasteiger partial charge in [-0.25, -0.2) is 0 Å². The average Bonchev–Trinajstić information content (AvgIpc) is 2.90. The number of carbonyl (C=O) groups excluding carboxylic acids is 1. The number of carbonyl (C=O) groups is 2. The number of nitrogens with one attached hydrogen (secondary N) is 1. The number of nitrogens with zero attached hydrogens (tertiary/aromatic N) is 1. The molecule has 0 aliphatic carbocycles. The van der Waals surface area contributed by atoms with Crippen molar-refractivity contribution in [2.75, 3.05) is 5.32 Å². The molecule has 4 rings (SSSR count). The first-order valence-electron chi connectivity index (χ1n) is 8.29. The Kier molecular flexibility index (Phi) is 3.77. The van der Waals surface area contributed by atoms with Gasteiger partial charge in [-0.05, 0) is 54.3 Å². The van der Waals surface area contributed by atoms with Gasteiger partial charge in [0.15, 0.2) is 0 Å². The Balaban J connectivity index is 2.14. The third-order valence-electron chi connectivity index (χ3n) is 4.97. The molecule has 2 N–H and O–H groups in total. The Hall–Kier alpha value is -2.79. The van der Waals surface area contributed by atoms with Crippen LogP contribution in [0.5, 0.6) is 0 Å². The molecule has 0 fully saturated rings. The molecule has 5 nitrogen and oxygen atoms in total. The lowest BCUT2D eigenvalue weighted by Gasteiger charge is -2.24. The maximum absolute atomic E-state index is 12.1. The maximum Gasteiger partial charge on any atom is 0.307 e. The summed E-state index contributed by atoms with van der Waals surface area (Å²) in [7, 11) is 0. The van der Waals surface area contributed by atoms with E-state index in [-0.39, 0.29) is 18.9 Å². The summed E-state index contributed by atoms with van der Waals surface area (Å²) in [5, 5.41) is 14.0. The fourth-order valence-corrected chi connectivity index (χ4v) is 3.94. The summed E-state index contributed by atoms with van der Waals surface area (Å²) in [6, 6.07) is 9.42. The van der Waals surface area contributed by atoms with Gasteiger partial charge in [0, 0.05) is 16.1 Å². The second-order valence-electron chi connectivity index (χ2n) is 6.61. The summed E-state index contributed by atoms with van der Waals surface area (Å²) in [5.74, 6) is -1.00. The predicted molar refractivity (Wildman–Crippen MR) is 102 cm³/mol. The summed E-state index contributed by atoms with van der Waals surface area (Å²) in [5.41, 5.74) is 5.92. The minimum Gasteiger partial charge on any atom is -0.481 e. The van der Waals surface area contributed by atoms with Crippen molar-refractivity contribution in [1.82, 2.24) is 4.57 Å². The lowest BCUT2D eigenvalue weighted by Crippen LogP contribution is -2.25. The number of halogens is 1. The molecule has 0 spiro atoms. The third-order valence-corrected chi connectivity index (χ3v) is 5.22. The number of anilines is 1. The summed E-state index contributed by atoms with van der Waals surface area (Å²) < 4.78 is 1.99. The first-order chi connectivity index (χ1) is 12.4. The molecule has 1 amide bonds. The Morgan fingerprint density at radius 1 is 1.27 bits per heavy atom. The van der Waals surface area contributed by atoms with Crippen LogP contribution in [0.3, 0.4) is 0 Å². The average molecular weight is 369 g/mol. The molecule has 132 valence electrons. The van der Waals surface area contributed by atoms with Crippen LogP contribution in [0.1, 0.15) is 16.8 Å². The number of hydrogen-bond donors (Lipinski definition) is 2. The predicted octanol–water partition coefficient (Wildman–Crippen LogP) is 4.16. The van der Waals surface area contributed by atoms with E-state index in [1.54, 1.807) is 12.1 Å². The molecule has 0 unspecified atom stereocenters. The second-order valence-corrected chi connectivity index (χ2v) is 7.05. The zero-order valence-electron chi connectivity index (χ0n) is 14.4. The van der Waals surface area contributed by atoms with Crippen molar-refractivity contribution in [3.8, 4) is 11.1 Å². The van der Waals surface area contributed by atoms with Crippen LogP contribution in [0, 0.1) is 13.8 Å². The van der Waals surface area contributed by atoms with Crippen LogP contribution in [0.2, 0.25) is 5.02 Å². The molecule has 2 aromatic carbocycles. The van der Waals surface area contributed by atoms with Crippen LogP contribution in [-0.4, -0.2) is 21.6 Å². The molecule has 26 heavy (non-hydrogen) atoms. The highest BCUT2D eigenvalue weighted by Gasteiger charge is 2.27. The molecule has 1 aliphatic heterocycles. The molecule has 0 bridgehead atoms. The fourth-order valence-electron chi connectivity index (χ4n) is 3.81. The Bertz CT molecular complexity index is 1080. The van der Waals surface area contributed by atoms with Gasteiger partial charge in [0.25, 0.3) is 0 Å². The molecule has 6 heteroatoms. The molecule has 0 radical (unpaired) electrons. The molecule has 0 atom stereocenters. The van der Waals surface area contributed by atoms with Gasteiger partial charge in [-0.15, -0.1) is 0 Å². The quantitative estimate of drug-likeness (QED) is 0.729. The highest BCUT2D eigenvalue weighted by atomic mass is 35.5. The van der Waals surface area contributed by atoms with E-state index in [0.29, 0.717) is 16.3 Å². The number of aromatic nitrogens is 1. The van der Waals surface area contributed by atoms with Crippen LogP contribution in [0.15, 0.2) is 30.3 Å². The largest absolute Gasteiger partial charge is 0.481 e. The van der Waals surface area contributed by atoms with Crippen LogP contribution in [0.25, 0.3) is 22.0 Å². The number of carboxylic acid groups (broad SMARTS) is 1. The number of benzene rings is 2. The minimum absolute atomic E-state index is 0.0956. The van der Waals surface area contributed by atoms with E-state index in [1.807, 2.05) is 36.6 Å². The van der Waals surface area contributed by atoms with E-state index in [2.05, 4.69) is 5.32 Å². The summed E-state index contributed by atoms with van der Waals surface area (Å²) in [6.45, 7) is 4.09. The summed E-state index contributed by atoms with van der Waals surface area (Å²) in [4.78, 5) is 23.7. The van der Waals surface area contributed by atoms with Crippen molar-refractivity contribution in [2.24, 2.45) is 0 Å². The van der Waals surface area contributed by atoms with Gasteiger partial charge in [0.05, 0.1) is 17.6 Å². The van der Waals surface area contributed by atoms with Crippen molar-refractivity contribution < 1.29 is 14.7 Å². The highest BCUT2D eigenvalue weighted by Crippen LogP contribution is 2.43. The van der Waals surface area contributed by atoms with E-state index in [4.69, 9.17) is 11.6 Å². The molecule has 3 aromatic rings. The lowest BCUT2D eigenvalue weighted by atomic mass is 9.89. The first-order valence-corrected chi connectivity index (χ1v) is 8.67. The topological polar surface area (TPSA) is 71.3 Å². The number of carboxylic acids is 1. The number of hydrogen-bond acceptors (Lipinski definition) is 2. The van der Waals surface area contributed by atoms with Crippen molar-refractivity contribution in [1.29, 1.82) is 0 Å². The van der Waals surface area contributed by atoms with Crippen molar-refractivity contribution >= 4 is 40.1 Å². The van der Waals surface area contributed by atoms with Crippen LogP contribution < -0.4 is 5.32 Å². The van der Waals surface area contributed by atoms with Crippen LogP contribution in [0.4, 0.5) is 5.69 Å². The van der Waals surface area contributed by atoms with E-state index in [9.17, 15) is 14.7 Å². The lowest BCUT2D eigenvalue weighted by molar-refractivity contribution is -0.136. The van der Waals surface area contributed by atoms with E-state index in [0.717, 1.165) is 33.3 Å².